The van der Waals surface area contributed by atoms with Crippen LogP contribution in [0.2, 0.25) is 0 Å². The van der Waals surface area contributed by atoms with Gasteiger partial charge in [0.2, 0.25) is 0 Å². The Balaban J connectivity index is 2.33. The Bertz CT molecular complexity index is 439. The Kier molecular flexibility index (Phi) is 5.71. The number of hydrogen-bond donors (Lipinski definition) is 1. The van der Waals surface area contributed by atoms with Crippen molar-refractivity contribution in [1.82, 2.24) is 10.3 Å². The molecule has 106 valence electrons. The van der Waals surface area contributed by atoms with E-state index < -0.39 is 0 Å². The quantitative estimate of drug-likeness (QED) is 0.836. The SMILES string of the molecule is CCNC(c1cccnc1)C(OCC)c1ccccc1. The molecule has 2 rings (SSSR count). The molecule has 1 N–H and O–H groups in total. The molecule has 0 aliphatic carbocycles. The Hall–Kier alpha value is -1.71. The van der Waals surface area contributed by atoms with Gasteiger partial charge < -0.3 is 10.1 Å². The van der Waals surface area contributed by atoms with Crippen molar-refractivity contribution in [2.45, 2.75) is 26.0 Å². The van der Waals surface area contributed by atoms with Crippen molar-refractivity contribution in [2.24, 2.45) is 0 Å². The summed E-state index contributed by atoms with van der Waals surface area (Å²) in [5.74, 6) is 0. The minimum Gasteiger partial charge on any atom is -0.372 e. The largest absolute Gasteiger partial charge is 0.372 e. The number of ether oxygens (including phenoxy) is 1. The monoisotopic (exact) mass is 270 g/mol. The molecule has 2 atom stereocenters. The summed E-state index contributed by atoms with van der Waals surface area (Å²) in [5.41, 5.74) is 2.33. The number of likely N-dealkylation sites (N-methyl/N-ethyl adjacent to an activating group) is 1. The average molecular weight is 270 g/mol. The number of nitrogens with zero attached hydrogens (tertiary/aromatic N) is 1. The van der Waals surface area contributed by atoms with E-state index in [1.54, 1.807) is 6.20 Å². The summed E-state index contributed by atoms with van der Waals surface area (Å²) in [6, 6.07) is 14.5. The van der Waals surface area contributed by atoms with Crippen LogP contribution in [0.15, 0.2) is 54.9 Å². The number of aromatic nitrogens is 1. The molecular formula is C17H22N2O. The van der Waals surface area contributed by atoms with Gasteiger partial charge in [0.1, 0.15) is 6.10 Å². The third-order valence-corrected chi connectivity index (χ3v) is 3.24. The normalized spacial score (nSPS) is 13.9. The molecule has 2 aromatic rings. The van der Waals surface area contributed by atoms with Crippen molar-refractivity contribution >= 4 is 0 Å². The number of benzene rings is 1. The number of nitrogens with one attached hydrogen (secondary N) is 1. The second-order valence-corrected chi connectivity index (χ2v) is 4.61. The van der Waals surface area contributed by atoms with Gasteiger partial charge in [-0.15, -0.1) is 0 Å². The molecule has 1 heterocycles. The molecule has 3 heteroatoms. The predicted molar refractivity (Wildman–Crippen MR) is 81.5 cm³/mol. The molecule has 0 aliphatic rings. The molecule has 20 heavy (non-hydrogen) atoms. The van der Waals surface area contributed by atoms with Crippen molar-refractivity contribution in [3.63, 3.8) is 0 Å². The maximum atomic E-state index is 6.01. The maximum Gasteiger partial charge on any atom is 0.102 e. The molecule has 0 fully saturated rings. The Morgan fingerprint density at radius 2 is 1.80 bits per heavy atom. The zero-order valence-electron chi connectivity index (χ0n) is 12.1. The summed E-state index contributed by atoms with van der Waals surface area (Å²) in [6.07, 6.45) is 3.69. The van der Waals surface area contributed by atoms with Gasteiger partial charge in [-0.3, -0.25) is 4.98 Å². The van der Waals surface area contributed by atoms with Crippen molar-refractivity contribution in [3.05, 3.63) is 66.0 Å². The molecule has 0 bridgehead atoms. The lowest BCUT2D eigenvalue weighted by atomic mass is 9.96. The molecule has 2 unspecified atom stereocenters. The number of rotatable bonds is 7. The van der Waals surface area contributed by atoms with Crippen molar-refractivity contribution in [3.8, 4) is 0 Å². The van der Waals surface area contributed by atoms with Gasteiger partial charge in [-0.1, -0.05) is 43.3 Å². The van der Waals surface area contributed by atoms with Crippen molar-refractivity contribution < 1.29 is 4.74 Å². The van der Waals surface area contributed by atoms with Crippen LogP contribution in [0.1, 0.15) is 37.1 Å². The van der Waals surface area contributed by atoms with E-state index in [9.17, 15) is 0 Å². The lowest BCUT2D eigenvalue weighted by molar-refractivity contribution is 0.0330. The van der Waals surface area contributed by atoms with E-state index in [0.717, 1.165) is 12.1 Å². The van der Waals surface area contributed by atoms with E-state index in [4.69, 9.17) is 4.74 Å². The highest BCUT2D eigenvalue weighted by molar-refractivity contribution is 5.24. The van der Waals surface area contributed by atoms with E-state index in [1.807, 2.05) is 37.4 Å². The minimum atomic E-state index is -0.00894. The van der Waals surface area contributed by atoms with Crippen molar-refractivity contribution in [1.29, 1.82) is 0 Å². The molecule has 0 spiro atoms. The van der Waals surface area contributed by atoms with E-state index in [2.05, 4.69) is 35.4 Å². The van der Waals surface area contributed by atoms with Gasteiger partial charge in [0.05, 0.1) is 6.04 Å². The summed E-state index contributed by atoms with van der Waals surface area (Å²) in [6.45, 7) is 5.71. The molecule has 0 amide bonds. The van der Waals surface area contributed by atoms with Gasteiger partial charge in [0, 0.05) is 19.0 Å². The third kappa shape index (κ3) is 3.65. The Morgan fingerprint density at radius 1 is 1.05 bits per heavy atom. The lowest BCUT2D eigenvalue weighted by Crippen LogP contribution is -2.28. The predicted octanol–water partition coefficient (Wildman–Crippen LogP) is 3.51. The van der Waals surface area contributed by atoms with Crippen molar-refractivity contribution in [2.75, 3.05) is 13.2 Å². The van der Waals surface area contributed by atoms with Crippen LogP contribution < -0.4 is 5.32 Å². The van der Waals surface area contributed by atoms with E-state index in [-0.39, 0.29) is 12.1 Å². The fourth-order valence-corrected chi connectivity index (χ4v) is 2.39. The fourth-order valence-electron chi connectivity index (χ4n) is 2.39. The smallest absolute Gasteiger partial charge is 0.102 e. The van der Waals surface area contributed by atoms with Crippen LogP contribution in [-0.4, -0.2) is 18.1 Å². The van der Waals surface area contributed by atoms with E-state index in [0.29, 0.717) is 6.61 Å². The zero-order chi connectivity index (χ0) is 14.2. The molecule has 1 aromatic carbocycles. The average Bonchev–Trinajstić information content (AvgIpc) is 2.52. The highest BCUT2D eigenvalue weighted by Gasteiger charge is 2.24. The minimum absolute atomic E-state index is 0.00894. The molecular weight excluding hydrogens is 248 g/mol. The van der Waals surface area contributed by atoms with Crippen LogP contribution >= 0.6 is 0 Å². The van der Waals surface area contributed by atoms with Gasteiger partial charge >= 0.3 is 0 Å². The molecule has 0 saturated carbocycles. The maximum absolute atomic E-state index is 6.01. The standard InChI is InChI=1S/C17H22N2O/c1-3-19-16(15-11-8-12-18-13-15)17(20-4-2)14-9-6-5-7-10-14/h5-13,16-17,19H,3-4H2,1-2H3. The van der Waals surface area contributed by atoms with Crippen LogP contribution in [0.4, 0.5) is 0 Å². The van der Waals surface area contributed by atoms with Gasteiger partial charge in [-0.05, 0) is 30.7 Å². The topological polar surface area (TPSA) is 34.2 Å². The van der Waals surface area contributed by atoms with Gasteiger partial charge in [-0.2, -0.15) is 0 Å². The van der Waals surface area contributed by atoms with Gasteiger partial charge in [0.15, 0.2) is 0 Å². The van der Waals surface area contributed by atoms with Crippen LogP contribution in [-0.2, 0) is 4.74 Å². The highest BCUT2D eigenvalue weighted by atomic mass is 16.5. The van der Waals surface area contributed by atoms with E-state index in [1.165, 1.54) is 5.56 Å². The molecule has 0 saturated heterocycles. The van der Waals surface area contributed by atoms with Crippen LogP contribution in [0, 0.1) is 0 Å². The lowest BCUT2D eigenvalue weighted by Gasteiger charge is -2.28. The Morgan fingerprint density at radius 3 is 2.40 bits per heavy atom. The zero-order valence-corrected chi connectivity index (χ0v) is 12.1. The molecule has 3 nitrogen and oxygen atoms in total. The summed E-state index contributed by atoms with van der Waals surface area (Å²) in [7, 11) is 0. The van der Waals surface area contributed by atoms with Crippen LogP contribution in [0.3, 0.4) is 0 Å². The van der Waals surface area contributed by atoms with E-state index >= 15 is 0 Å². The molecule has 1 aromatic heterocycles. The molecule has 0 radical (unpaired) electrons. The van der Waals surface area contributed by atoms with Gasteiger partial charge in [-0.25, -0.2) is 0 Å². The summed E-state index contributed by atoms with van der Waals surface area (Å²) < 4.78 is 6.01. The Labute approximate surface area is 121 Å². The highest BCUT2D eigenvalue weighted by Crippen LogP contribution is 2.31. The third-order valence-electron chi connectivity index (χ3n) is 3.24. The first-order valence-corrected chi connectivity index (χ1v) is 7.16. The van der Waals surface area contributed by atoms with Crippen LogP contribution in [0.5, 0.6) is 0 Å². The summed E-state index contributed by atoms with van der Waals surface area (Å²) >= 11 is 0. The fraction of sp³-hybridized carbons (Fsp3) is 0.353. The second-order valence-electron chi connectivity index (χ2n) is 4.61. The summed E-state index contributed by atoms with van der Waals surface area (Å²) in [5, 5.41) is 3.52. The molecule has 0 aliphatic heterocycles. The van der Waals surface area contributed by atoms with Crippen LogP contribution in [0.25, 0.3) is 0 Å². The first-order chi connectivity index (χ1) is 9.86. The number of pyridine rings is 1. The first-order valence-electron chi connectivity index (χ1n) is 7.16. The second kappa shape index (κ2) is 7.78. The van der Waals surface area contributed by atoms with Gasteiger partial charge in [0.25, 0.3) is 0 Å². The number of hydrogen-bond acceptors (Lipinski definition) is 3. The first kappa shape index (κ1) is 14.7. The summed E-state index contributed by atoms with van der Waals surface area (Å²) in [4.78, 5) is 4.23.